The Labute approximate surface area is 72.6 Å². The monoisotopic (exact) mass is 126 g/mol. The van der Waals surface area contributed by atoms with E-state index >= 15 is 0 Å². The average Bonchev–Trinajstić information content (AvgIpc) is 1.88. The van der Waals surface area contributed by atoms with Crippen molar-refractivity contribution in [3.8, 4) is 5.75 Å². The average molecular weight is 126 g/mol. The van der Waals surface area contributed by atoms with Crippen LogP contribution in [-0.4, -0.2) is 0 Å². The minimum atomic E-state index is 0. The summed E-state index contributed by atoms with van der Waals surface area (Å²) in [6.07, 6.45) is 1.65. The molecule has 0 radical (unpaired) electrons. The predicted octanol–water partition coefficient (Wildman–Crippen LogP) is -1.59. The third-order valence-electron chi connectivity index (χ3n) is 1.09. The van der Waals surface area contributed by atoms with Crippen LogP contribution in [0.2, 0.25) is 0 Å². The van der Waals surface area contributed by atoms with Crippen molar-refractivity contribution in [2.45, 2.75) is 0 Å². The first kappa shape index (κ1) is 9.36. The van der Waals surface area contributed by atoms with Gasteiger partial charge in [-0.2, -0.15) is 0 Å². The molecule has 0 aromatic heterocycles. The van der Waals surface area contributed by atoms with E-state index in [1.54, 1.807) is 18.2 Å². The second kappa shape index (κ2) is 4.22. The van der Waals surface area contributed by atoms with Gasteiger partial charge in [-0.05, 0) is 5.56 Å². The van der Waals surface area contributed by atoms with E-state index in [0.717, 1.165) is 5.56 Å². The summed E-state index contributed by atoms with van der Waals surface area (Å²) in [6.45, 7) is 3.53. The second-order valence-electron chi connectivity index (χ2n) is 1.78. The van der Waals surface area contributed by atoms with Crippen molar-refractivity contribution < 1.29 is 24.0 Å². The van der Waals surface area contributed by atoms with Gasteiger partial charge in [0.05, 0.1) is 0 Å². The van der Waals surface area contributed by atoms with Gasteiger partial charge in [-0.1, -0.05) is 36.9 Å². The van der Waals surface area contributed by atoms with Crippen molar-refractivity contribution in [1.82, 2.24) is 0 Å². The van der Waals surface area contributed by atoms with Gasteiger partial charge in [0.2, 0.25) is 0 Å². The molecule has 0 saturated heterocycles. The fourth-order valence-corrected chi connectivity index (χ4v) is 0.642. The summed E-state index contributed by atoms with van der Waals surface area (Å²) in [5.74, 6) is 0.0346. The molecule has 1 aromatic carbocycles. The number of hydrogen-bond donors (Lipinski definition) is 0. The Hall–Kier alpha value is -0.643. The van der Waals surface area contributed by atoms with Crippen LogP contribution in [0.3, 0.4) is 0 Å². The molecule has 0 N–H and O–H groups in total. The normalized spacial score (nSPS) is 8.00. The van der Waals surface area contributed by atoms with Crippen molar-refractivity contribution in [3.05, 3.63) is 36.4 Å². The van der Waals surface area contributed by atoms with Crippen LogP contribution in [0, 0.1) is 0 Å². The molecule has 1 rings (SSSR count). The van der Waals surface area contributed by atoms with E-state index in [9.17, 15) is 5.11 Å². The Kier molecular flexibility index (Phi) is 3.95. The van der Waals surface area contributed by atoms with E-state index in [1.807, 2.05) is 6.07 Å². The summed E-state index contributed by atoms with van der Waals surface area (Å²) < 4.78 is 0. The van der Waals surface area contributed by atoms with Crippen LogP contribution in [0.5, 0.6) is 5.75 Å². The van der Waals surface area contributed by atoms with Gasteiger partial charge in [0, 0.05) is 0 Å². The summed E-state index contributed by atoms with van der Waals surface area (Å²) >= 11 is 0. The minimum absolute atomic E-state index is 0. The topological polar surface area (TPSA) is 23.1 Å². The SMILES string of the molecule is C=Cc1cccc([O-])c1.[Li+]. The van der Waals surface area contributed by atoms with Crippen molar-refractivity contribution in [2.75, 3.05) is 0 Å². The first-order valence-corrected chi connectivity index (χ1v) is 2.72. The van der Waals surface area contributed by atoms with Gasteiger partial charge < -0.3 is 5.11 Å². The van der Waals surface area contributed by atoms with E-state index < -0.39 is 0 Å². The van der Waals surface area contributed by atoms with Crippen LogP contribution in [0.4, 0.5) is 0 Å². The molecule has 0 unspecified atom stereocenters. The van der Waals surface area contributed by atoms with Gasteiger partial charge in [0.25, 0.3) is 0 Å². The molecule has 46 valence electrons. The molecule has 0 spiro atoms. The maximum Gasteiger partial charge on any atom is 1.00 e. The molecule has 0 aliphatic rings. The molecule has 0 atom stereocenters. The van der Waals surface area contributed by atoms with Gasteiger partial charge in [-0.3, -0.25) is 0 Å². The smallest absolute Gasteiger partial charge is 0.872 e. The summed E-state index contributed by atoms with van der Waals surface area (Å²) in [5, 5.41) is 10.6. The third kappa shape index (κ3) is 2.31. The van der Waals surface area contributed by atoms with E-state index in [2.05, 4.69) is 6.58 Å². The molecule has 2 heteroatoms. The predicted molar refractivity (Wildman–Crippen MR) is 36.0 cm³/mol. The standard InChI is InChI=1S/C8H8O.Li/c1-2-7-4-3-5-8(9)6-7;/h2-6,9H,1H2;/q;+1/p-1. The largest absolute Gasteiger partial charge is 1.00 e. The van der Waals surface area contributed by atoms with Crippen LogP contribution in [0.1, 0.15) is 5.56 Å². The molecule has 0 bridgehead atoms. The summed E-state index contributed by atoms with van der Waals surface area (Å²) in [6, 6.07) is 6.63. The maximum absolute atomic E-state index is 10.6. The quantitative estimate of drug-likeness (QED) is 0.416. The fraction of sp³-hybridized carbons (Fsp3) is 0. The zero-order valence-electron chi connectivity index (χ0n) is 6.00. The van der Waals surface area contributed by atoms with Crippen LogP contribution >= 0.6 is 0 Å². The Morgan fingerprint density at radius 2 is 2.10 bits per heavy atom. The summed E-state index contributed by atoms with van der Waals surface area (Å²) in [7, 11) is 0. The van der Waals surface area contributed by atoms with E-state index in [-0.39, 0.29) is 24.6 Å². The zero-order chi connectivity index (χ0) is 6.69. The third-order valence-corrected chi connectivity index (χ3v) is 1.09. The number of rotatable bonds is 1. The van der Waals surface area contributed by atoms with Crippen molar-refractivity contribution >= 4 is 6.08 Å². The van der Waals surface area contributed by atoms with Crippen LogP contribution in [0.15, 0.2) is 30.8 Å². The minimum Gasteiger partial charge on any atom is -0.872 e. The van der Waals surface area contributed by atoms with Gasteiger partial charge in [-0.25, -0.2) is 0 Å². The molecule has 0 aliphatic heterocycles. The van der Waals surface area contributed by atoms with E-state index in [0.29, 0.717) is 0 Å². The fourth-order valence-electron chi connectivity index (χ4n) is 0.642. The molecular formula is C8H7LiO. The van der Waals surface area contributed by atoms with Gasteiger partial charge in [-0.15, -0.1) is 5.75 Å². The first-order valence-electron chi connectivity index (χ1n) is 2.72. The Bertz CT molecular complexity index is 220. The summed E-state index contributed by atoms with van der Waals surface area (Å²) in [5.41, 5.74) is 0.877. The molecule has 0 saturated carbocycles. The molecule has 0 fully saturated rings. The molecule has 1 aromatic rings. The molecule has 10 heavy (non-hydrogen) atoms. The molecule has 1 nitrogen and oxygen atoms in total. The number of hydrogen-bond acceptors (Lipinski definition) is 1. The Morgan fingerprint density at radius 1 is 1.40 bits per heavy atom. The van der Waals surface area contributed by atoms with Crippen molar-refractivity contribution in [1.29, 1.82) is 0 Å². The van der Waals surface area contributed by atoms with Crippen LogP contribution in [0.25, 0.3) is 6.08 Å². The van der Waals surface area contributed by atoms with Gasteiger partial charge in [0.15, 0.2) is 0 Å². The Balaban J connectivity index is 0.000000810. The Morgan fingerprint density at radius 3 is 2.50 bits per heavy atom. The van der Waals surface area contributed by atoms with Gasteiger partial charge in [0.1, 0.15) is 0 Å². The molecular weight excluding hydrogens is 119 g/mol. The van der Waals surface area contributed by atoms with E-state index in [1.165, 1.54) is 6.07 Å². The maximum atomic E-state index is 10.6. The van der Waals surface area contributed by atoms with Crippen molar-refractivity contribution in [3.63, 3.8) is 0 Å². The van der Waals surface area contributed by atoms with Crippen LogP contribution in [-0.2, 0) is 0 Å². The molecule has 0 heterocycles. The first-order chi connectivity index (χ1) is 4.33. The van der Waals surface area contributed by atoms with Crippen LogP contribution < -0.4 is 24.0 Å². The summed E-state index contributed by atoms with van der Waals surface area (Å²) in [4.78, 5) is 0. The molecule has 0 amide bonds. The second-order valence-corrected chi connectivity index (χ2v) is 1.78. The van der Waals surface area contributed by atoms with E-state index in [4.69, 9.17) is 0 Å². The van der Waals surface area contributed by atoms with Crippen molar-refractivity contribution in [2.24, 2.45) is 0 Å². The zero-order valence-corrected chi connectivity index (χ0v) is 6.00. The number of benzene rings is 1. The van der Waals surface area contributed by atoms with Gasteiger partial charge >= 0.3 is 18.9 Å². The molecule has 0 aliphatic carbocycles.